The lowest BCUT2D eigenvalue weighted by Gasteiger charge is -2.28. The van der Waals surface area contributed by atoms with Crippen molar-refractivity contribution in [1.82, 2.24) is 4.90 Å². The van der Waals surface area contributed by atoms with E-state index in [1.54, 1.807) is 4.90 Å². The third-order valence-corrected chi connectivity index (χ3v) is 4.16. The number of ether oxygens (including phenoxy) is 1. The largest absolute Gasteiger partial charge is 0.483 e. The minimum atomic E-state index is -0.508. The highest BCUT2D eigenvalue weighted by atomic mass is 19.1. The molecule has 0 atom stereocenters. The minimum Gasteiger partial charge on any atom is -0.483 e. The number of carbonyl (C=O) groups is 2. The van der Waals surface area contributed by atoms with Gasteiger partial charge in [0.15, 0.2) is 12.4 Å². The number of rotatable bonds is 4. The molecule has 0 aliphatic carbocycles. The maximum atomic E-state index is 13.3. The van der Waals surface area contributed by atoms with Gasteiger partial charge in [0.1, 0.15) is 11.6 Å². The van der Waals surface area contributed by atoms with Gasteiger partial charge in [-0.25, -0.2) is 4.39 Å². The highest BCUT2D eigenvalue weighted by Crippen LogP contribution is 2.22. The van der Waals surface area contributed by atoms with E-state index in [1.165, 1.54) is 24.6 Å². The van der Waals surface area contributed by atoms with Crippen molar-refractivity contribution in [1.29, 1.82) is 0 Å². The van der Waals surface area contributed by atoms with Crippen molar-refractivity contribution < 1.29 is 18.7 Å². The van der Waals surface area contributed by atoms with Crippen LogP contribution in [0.15, 0.2) is 42.5 Å². The smallest absolute Gasteiger partial charge is 0.260 e. The number of Topliss-reactive ketones (excluding diaryl/α,β-unsaturated/α-hetero) is 1. The maximum Gasteiger partial charge on any atom is 0.260 e. The Balaban J connectivity index is 1.66. The fraction of sp³-hybridized carbons (Fsp3) is 0.263. The van der Waals surface area contributed by atoms with Gasteiger partial charge in [-0.3, -0.25) is 9.59 Å². The molecule has 4 nitrogen and oxygen atoms in total. The number of carbonyl (C=O) groups excluding carboxylic acids is 2. The zero-order valence-corrected chi connectivity index (χ0v) is 13.4. The van der Waals surface area contributed by atoms with Crippen molar-refractivity contribution in [3.05, 3.63) is 65.0 Å². The molecule has 1 heterocycles. The molecular formula is C19H18FNO3. The molecule has 0 N–H and O–H groups in total. The fourth-order valence-corrected chi connectivity index (χ4v) is 2.84. The first kappa shape index (κ1) is 16.2. The molecule has 0 radical (unpaired) electrons. The monoisotopic (exact) mass is 327 g/mol. The van der Waals surface area contributed by atoms with Crippen molar-refractivity contribution in [2.45, 2.75) is 19.9 Å². The molecule has 0 bridgehead atoms. The van der Waals surface area contributed by atoms with E-state index in [4.69, 9.17) is 4.74 Å². The van der Waals surface area contributed by atoms with Crippen LogP contribution in [0.4, 0.5) is 4.39 Å². The summed E-state index contributed by atoms with van der Waals surface area (Å²) in [5.41, 5.74) is 2.55. The lowest BCUT2D eigenvalue weighted by molar-refractivity contribution is -0.134. The molecule has 0 fully saturated rings. The molecule has 0 unspecified atom stereocenters. The number of hydrogen-bond acceptors (Lipinski definition) is 3. The van der Waals surface area contributed by atoms with Crippen LogP contribution < -0.4 is 4.74 Å². The zero-order chi connectivity index (χ0) is 17.1. The van der Waals surface area contributed by atoms with Crippen LogP contribution in [0, 0.1) is 5.82 Å². The van der Waals surface area contributed by atoms with Crippen LogP contribution >= 0.6 is 0 Å². The lowest BCUT2D eigenvalue weighted by atomic mass is 10.00. The number of fused-ring (bicyclic) bond motifs is 1. The van der Waals surface area contributed by atoms with Crippen LogP contribution in [-0.4, -0.2) is 29.7 Å². The van der Waals surface area contributed by atoms with Gasteiger partial charge in [0, 0.05) is 13.1 Å². The van der Waals surface area contributed by atoms with Crippen molar-refractivity contribution in [2.75, 3.05) is 13.2 Å². The van der Waals surface area contributed by atoms with E-state index in [0.717, 1.165) is 18.1 Å². The summed E-state index contributed by atoms with van der Waals surface area (Å²) in [7, 11) is 0. The highest BCUT2D eigenvalue weighted by molar-refractivity contribution is 5.96. The van der Waals surface area contributed by atoms with E-state index in [9.17, 15) is 14.0 Å². The zero-order valence-electron chi connectivity index (χ0n) is 13.4. The molecule has 1 amide bonds. The number of ketones is 1. The molecule has 0 saturated heterocycles. The maximum absolute atomic E-state index is 13.3. The summed E-state index contributed by atoms with van der Waals surface area (Å²) < 4.78 is 18.7. The third kappa shape index (κ3) is 3.45. The summed E-state index contributed by atoms with van der Waals surface area (Å²) in [4.78, 5) is 25.7. The molecule has 5 heteroatoms. The average molecular weight is 327 g/mol. The van der Waals surface area contributed by atoms with E-state index in [1.807, 2.05) is 18.2 Å². The number of benzene rings is 2. The Kier molecular flexibility index (Phi) is 4.60. The quantitative estimate of drug-likeness (QED) is 0.811. The van der Waals surface area contributed by atoms with Crippen LogP contribution in [0.1, 0.15) is 28.4 Å². The molecule has 2 aromatic carbocycles. The predicted octanol–water partition coefficient (Wildman–Crippen LogP) is 2.99. The van der Waals surface area contributed by atoms with Crippen LogP contribution in [0.5, 0.6) is 5.75 Å². The molecule has 3 rings (SSSR count). The topological polar surface area (TPSA) is 46.6 Å². The summed E-state index contributed by atoms with van der Waals surface area (Å²) >= 11 is 0. The lowest BCUT2D eigenvalue weighted by Crippen LogP contribution is -2.38. The second kappa shape index (κ2) is 6.83. The third-order valence-electron chi connectivity index (χ3n) is 4.16. The van der Waals surface area contributed by atoms with Gasteiger partial charge in [0.25, 0.3) is 5.91 Å². The van der Waals surface area contributed by atoms with Gasteiger partial charge in [-0.15, -0.1) is 0 Å². The summed E-state index contributed by atoms with van der Waals surface area (Å²) in [5.74, 6) is -0.728. The van der Waals surface area contributed by atoms with E-state index in [0.29, 0.717) is 13.1 Å². The van der Waals surface area contributed by atoms with Gasteiger partial charge in [-0.2, -0.15) is 0 Å². The highest BCUT2D eigenvalue weighted by Gasteiger charge is 2.21. The molecule has 1 aliphatic heterocycles. The number of hydrogen-bond donors (Lipinski definition) is 0. The molecule has 0 spiro atoms. The SMILES string of the molecule is CC(=O)c1cc(F)ccc1OCC(=O)N1CCc2ccccc2C1. The molecule has 24 heavy (non-hydrogen) atoms. The standard InChI is InChI=1S/C19H18FNO3/c1-13(22)17-10-16(20)6-7-18(17)24-12-19(23)21-9-8-14-4-2-3-5-15(14)11-21/h2-7,10H,8-9,11-12H2,1H3. The van der Waals surface area contributed by atoms with Gasteiger partial charge in [0.2, 0.25) is 0 Å². The van der Waals surface area contributed by atoms with Crippen molar-refractivity contribution >= 4 is 11.7 Å². The first-order valence-corrected chi connectivity index (χ1v) is 7.82. The molecule has 0 aromatic heterocycles. The Morgan fingerprint density at radius 3 is 2.67 bits per heavy atom. The Labute approximate surface area is 139 Å². The van der Waals surface area contributed by atoms with E-state index in [-0.39, 0.29) is 29.6 Å². The van der Waals surface area contributed by atoms with Gasteiger partial charge in [-0.1, -0.05) is 24.3 Å². The second-order valence-corrected chi connectivity index (χ2v) is 5.82. The molecule has 2 aromatic rings. The Morgan fingerprint density at radius 2 is 1.92 bits per heavy atom. The summed E-state index contributed by atoms with van der Waals surface area (Å²) in [5, 5.41) is 0. The van der Waals surface area contributed by atoms with E-state index < -0.39 is 5.82 Å². The van der Waals surface area contributed by atoms with Crippen LogP contribution in [-0.2, 0) is 17.8 Å². The van der Waals surface area contributed by atoms with E-state index >= 15 is 0 Å². The van der Waals surface area contributed by atoms with Gasteiger partial charge in [-0.05, 0) is 42.7 Å². The fourth-order valence-electron chi connectivity index (χ4n) is 2.84. The molecule has 1 aliphatic rings. The van der Waals surface area contributed by atoms with Crippen molar-refractivity contribution in [3.8, 4) is 5.75 Å². The van der Waals surface area contributed by atoms with E-state index in [2.05, 4.69) is 6.07 Å². The predicted molar refractivity (Wildman–Crippen MR) is 87.5 cm³/mol. The second-order valence-electron chi connectivity index (χ2n) is 5.82. The van der Waals surface area contributed by atoms with Gasteiger partial charge < -0.3 is 9.64 Å². The number of halogens is 1. The van der Waals surface area contributed by atoms with Gasteiger partial charge >= 0.3 is 0 Å². The van der Waals surface area contributed by atoms with Crippen LogP contribution in [0.3, 0.4) is 0 Å². The average Bonchev–Trinajstić information content (AvgIpc) is 2.59. The first-order chi connectivity index (χ1) is 11.5. The normalized spacial score (nSPS) is 13.3. The Bertz CT molecular complexity index is 788. The molecule has 124 valence electrons. The summed E-state index contributed by atoms with van der Waals surface area (Å²) in [6, 6.07) is 11.8. The number of nitrogens with zero attached hydrogens (tertiary/aromatic N) is 1. The summed E-state index contributed by atoms with van der Waals surface area (Å²) in [6.45, 7) is 2.36. The molecular weight excluding hydrogens is 309 g/mol. The molecule has 0 saturated carbocycles. The number of amides is 1. The first-order valence-electron chi connectivity index (χ1n) is 7.82. The minimum absolute atomic E-state index is 0.145. The van der Waals surface area contributed by atoms with Crippen molar-refractivity contribution in [2.24, 2.45) is 0 Å². The Hall–Kier alpha value is -2.69. The van der Waals surface area contributed by atoms with Gasteiger partial charge in [0.05, 0.1) is 5.56 Å². The van der Waals surface area contributed by atoms with Crippen molar-refractivity contribution in [3.63, 3.8) is 0 Å². The summed E-state index contributed by atoms with van der Waals surface area (Å²) in [6.07, 6.45) is 0.817. The Morgan fingerprint density at radius 1 is 1.17 bits per heavy atom. The van der Waals surface area contributed by atoms with Crippen LogP contribution in [0.2, 0.25) is 0 Å². The van der Waals surface area contributed by atoms with Crippen LogP contribution in [0.25, 0.3) is 0 Å².